The number of rotatable bonds is 6. The molecule has 0 aliphatic carbocycles. The fourth-order valence-corrected chi connectivity index (χ4v) is 2.23. The molecule has 0 aliphatic heterocycles. The first-order valence-electron chi connectivity index (χ1n) is 7.16. The minimum absolute atomic E-state index is 0.439. The zero-order valence-electron chi connectivity index (χ0n) is 13.1. The minimum atomic E-state index is 0.439. The Morgan fingerprint density at radius 2 is 1.95 bits per heavy atom. The average molecular weight is 285 g/mol. The third-order valence-corrected chi connectivity index (χ3v) is 3.39. The summed E-state index contributed by atoms with van der Waals surface area (Å²) in [6, 6.07) is 10.5. The Kier molecular flexibility index (Phi) is 5.17. The lowest BCUT2D eigenvalue weighted by molar-refractivity contribution is 0.415. The summed E-state index contributed by atoms with van der Waals surface area (Å²) >= 11 is 0. The van der Waals surface area contributed by atoms with Crippen LogP contribution in [0.25, 0.3) is 0 Å². The summed E-state index contributed by atoms with van der Waals surface area (Å²) in [6.45, 7) is 5.07. The lowest BCUT2D eigenvalue weighted by atomic mass is 10.1. The molecule has 0 aliphatic rings. The van der Waals surface area contributed by atoms with Gasteiger partial charge in [0.2, 0.25) is 0 Å². The van der Waals surface area contributed by atoms with Gasteiger partial charge in [-0.2, -0.15) is 0 Å². The third-order valence-electron chi connectivity index (χ3n) is 3.39. The Balaban J connectivity index is 2.32. The number of methoxy groups -OCH3 is 1. The Morgan fingerprint density at radius 3 is 2.67 bits per heavy atom. The second kappa shape index (κ2) is 7.09. The van der Waals surface area contributed by atoms with Gasteiger partial charge in [-0.15, -0.1) is 0 Å². The molecule has 1 N–H and O–H groups in total. The molecule has 1 aromatic carbocycles. The Hall–Kier alpha value is -2.07. The zero-order valence-corrected chi connectivity index (χ0v) is 13.1. The van der Waals surface area contributed by atoms with Crippen LogP contribution in [0.4, 0.5) is 11.4 Å². The number of hydrogen-bond acceptors (Lipinski definition) is 4. The number of nitrogens with one attached hydrogen (secondary N) is 1. The summed E-state index contributed by atoms with van der Waals surface area (Å²) in [4.78, 5) is 6.38. The summed E-state index contributed by atoms with van der Waals surface area (Å²) in [6.07, 6.45) is 3.73. The van der Waals surface area contributed by atoms with E-state index in [2.05, 4.69) is 35.1 Å². The predicted molar refractivity (Wildman–Crippen MR) is 87.3 cm³/mol. The van der Waals surface area contributed by atoms with Gasteiger partial charge >= 0.3 is 0 Å². The highest BCUT2D eigenvalue weighted by Gasteiger charge is 2.13. The van der Waals surface area contributed by atoms with E-state index in [-0.39, 0.29) is 0 Å². The normalized spacial score (nSPS) is 10.7. The Bertz CT molecular complexity index is 584. The highest BCUT2D eigenvalue weighted by Crippen LogP contribution is 2.33. The van der Waals surface area contributed by atoms with Gasteiger partial charge in [0.25, 0.3) is 0 Å². The van der Waals surface area contributed by atoms with Gasteiger partial charge in [-0.05, 0) is 18.2 Å². The van der Waals surface area contributed by atoms with Gasteiger partial charge in [-0.25, -0.2) is 0 Å². The van der Waals surface area contributed by atoms with Crippen LogP contribution in [-0.2, 0) is 6.54 Å². The summed E-state index contributed by atoms with van der Waals surface area (Å²) in [5.74, 6) is 0.861. The summed E-state index contributed by atoms with van der Waals surface area (Å²) < 4.78 is 5.45. The highest BCUT2D eigenvalue weighted by molar-refractivity contribution is 5.70. The van der Waals surface area contributed by atoms with Crippen LogP contribution in [0, 0.1) is 0 Å². The first kappa shape index (κ1) is 15.3. The second-order valence-electron chi connectivity index (χ2n) is 5.27. The van der Waals surface area contributed by atoms with E-state index < -0.39 is 0 Å². The van der Waals surface area contributed by atoms with Gasteiger partial charge in [-0.1, -0.05) is 26.0 Å². The molecule has 4 nitrogen and oxygen atoms in total. The molecule has 0 amide bonds. The number of para-hydroxylation sites is 2. The zero-order chi connectivity index (χ0) is 15.2. The Labute approximate surface area is 126 Å². The van der Waals surface area contributed by atoms with Crippen molar-refractivity contribution in [3.8, 4) is 5.75 Å². The van der Waals surface area contributed by atoms with Crippen LogP contribution in [0.3, 0.4) is 0 Å². The van der Waals surface area contributed by atoms with Crippen molar-refractivity contribution >= 4 is 11.4 Å². The summed E-state index contributed by atoms with van der Waals surface area (Å²) in [7, 11) is 3.74. The van der Waals surface area contributed by atoms with Gasteiger partial charge in [-0.3, -0.25) is 4.98 Å². The van der Waals surface area contributed by atoms with Crippen LogP contribution >= 0.6 is 0 Å². The molecule has 2 rings (SSSR count). The third kappa shape index (κ3) is 3.73. The van der Waals surface area contributed by atoms with Gasteiger partial charge < -0.3 is 15.0 Å². The maximum Gasteiger partial charge on any atom is 0.142 e. The molecule has 112 valence electrons. The molecular weight excluding hydrogens is 262 g/mol. The largest absolute Gasteiger partial charge is 0.495 e. The number of benzene rings is 1. The topological polar surface area (TPSA) is 37.4 Å². The van der Waals surface area contributed by atoms with E-state index >= 15 is 0 Å². The smallest absolute Gasteiger partial charge is 0.142 e. The summed E-state index contributed by atoms with van der Waals surface area (Å²) in [5, 5.41) is 3.44. The maximum absolute atomic E-state index is 5.45. The van der Waals surface area contributed by atoms with E-state index in [0.29, 0.717) is 6.04 Å². The molecule has 0 saturated heterocycles. The molecule has 0 saturated carbocycles. The fourth-order valence-electron chi connectivity index (χ4n) is 2.23. The van der Waals surface area contributed by atoms with Crippen LogP contribution in [-0.4, -0.2) is 25.2 Å². The van der Waals surface area contributed by atoms with E-state index in [1.807, 2.05) is 43.7 Å². The first-order chi connectivity index (χ1) is 10.1. The van der Waals surface area contributed by atoms with Crippen molar-refractivity contribution in [2.75, 3.05) is 19.1 Å². The number of ether oxygens (including phenoxy) is 1. The molecule has 4 heteroatoms. The fraction of sp³-hybridized carbons (Fsp3) is 0.353. The monoisotopic (exact) mass is 285 g/mol. The van der Waals surface area contributed by atoms with Gasteiger partial charge in [0, 0.05) is 43.3 Å². The number of nitrogens with zero attached hydrogens (tertiary/aromatic N) is 2. The lowest BCUT2D eigenvalue weighted by Crippen LogP contribution is -2.23. The van der Waals surface area contributed by atoms with Crippen molar-refractivity contribution in [3.63, 3.8) is 0 Å². The summed E-state index contributed by atoms with van der Waals surface area (Å²) in [5.41, 5.74) is 3.33. The van der Waals surface area contributed by atoms with Crippen LogP contribution in [0.2, 0.25) is 0 Å². The Morgan fingerprint density at radius 1 is 1.19 bits per heavy atom. The van der Waals surface area contributed by atoms with Crippen molar-refractivity contribution in [2.45, 2.75) is 26.4 Å². The molecule has 0 bridgehead atoms. The predicted octanol–water partition coefficient (Wildman–Crippen LogP) is 3.36. The molecule has 0 spiro atoms. The molecule has 0 fully saturated rings. The van der Waals surface area contributed by atoms with E-state index in [1.54, 1.807) is 7.11 Å². The second-order valence-corrected chi connectivity index (χ2v) is 5.27. The van der Waals surface area contributed by atoms with Gasteiger partial charge in [0.15, 0.2) is 0 Å². The van der Waals surface area contributed by atoms with E-state index in [1.165, 1.54) is 5.56 Å². The molecule has 1 heterocycles. The molecular formula is C17H23N3O. The highest BCUT2D eigenvalue weighted by atomic mass is 16.5. The SMILES string of the molecule is COc1ccccc1N(C)c1ccncc1CNC(C)C. The quantitative estimate of drug-likeness (QED) is 0.883. The molecule has 21 heavy (non-hydrogen) atoms. The standard InChI is InChI=1S/C17H23N3O/c1-13(2)19-12-14-11-18-10-9-15(14)20(3)16-7-5-6-8-17(16)21-4/h5-11,13,19H,12H2,1-4H3. The van der Waals surface area contributed by atoms with E-state index in [9.17, 15) is 0 Å². The molecule has 1 aromatic heterocycles. The van der Waals surface area contributed by atoms with Crippen LogP contribution in [0.15, 0.2) is 42.7 Å². The molecule has 0 unspecified atom stereocenters. The maximum atomic E-state index is 5.45. The van der Waals surface area contributed by atoms with Gasteiger partial charge in [0.1, 0.15) is 5.75 Å². The van der Waals surface area contributed by atoms with Crippen LogP contribution in [0.5, 0.6) is 5.75 Å². The van der Waals surface area contributed by atoms with Crippen LogP contribution in [0.1, 0.15) is 19.4 Å². The van der Waals surface area contributed by atoms with Crippen molar-refractivity contribution in [2.24, 2.45) is 0 Å². The molecule has 2 aromatic rings. The number of aromatic nitrogens is 1. The number of anilines is 2. The van der Waals surface area contributed by atoms with Crippen molar-refractivity contribution < 1.29 is 4.74 Å². The van der Waals surface area contributed by atoms with Crippen molar-refractivity contribution in [1.82, 2.24) is 10.3 Å². The van der Waals surface area contributed by atoms with Crippen molar-refractivity contribution in [3.05, 3.63) is 48.3 Å². The minimum Gasteiger partial charge on any atom is -0.495 e. The molecule has 0 atom stereocenters. The lowest BCUT2D eigenvalue weighted by Gasteiger charge is -2.24. The van der Waals surface area contributed by atoms with Crippen molar-refractivity contribution in [1.29, 1.82) is 0 Å². The van der Waals surface area contributed by atoms with Gasteiger partial charge in [0.05, 0.1) is 12.8 Å². The first-order valence-corrected chi connectivity index (χ1v) is 7.16. The van der Waals surface area contributed by atoms with E-state index in [4.69, 9.17) is 4.74 Å². The average Bonchev–Trinajstić information content (AvgIpc) is 2.52. The number of hydrogen-bond donors (Lipinski definition) is 1. The van der Waals surface area contributed by atoms with E-state index in [0.717, 1.165) is 23.7 Å². The van der Waals surface area contributed by atoms with Crippen LogP contribution < -0.4 is 15.0 Å². The number of pyridine rings is 1. The molecule has 0 radical (unpaired) electrons.